The molecular formula is C24H22N4O4S. The van der Waals surface area contributed by atoms with Crippen molar-refractivity contribution in [2.45, 2.75) is 26.8 Å². The molecule has 1 aliphatic rings. The van der Waals surface area contributed by atoms with Gasteiger partial charge in [0.25, 0.3) is 11.8 Å². The van der Waals surface area contributed by atoms with Crippen molar-refractivity contribution >= 4 is 39.1 Å². The van der Waals surface area contributed by atoms with Gasteiger partial charge in [-0.05, 0) is 30.7 Å². The lowest BCUT2D eigenvalue weighted by atomic mass is 10.0. The van der Waals surface area contributed by atoms with Gasteiger partial charge < -0.3 is 14.2 Å². The average molecular weight is 463 g/mol. The Morgan fingerprint density at radius 3 is 2.88 bits per heavy atom. The molecule has 168 valence electrons. The first-order valence-corrected chi connectivity index (χ1v) is 11.5. The minimum Gasteiger partial charge on any atom is -0.493 e. The summed E-state index contributed by atoms with van der Waals surface area (Å²) in [6, 6.07) is 13.2. The first kappa shape index (κ1) is 21.1. The smallest absolute Gasteiger partial charge is 0.279 e. The van der Waals surface area contributed by atoms with E-state index in [1.165, 1.54) is 11.3 Å². The van der Waals surface area contributed by atoms with Gasteiger partial charge in [-0.2, -0.15) is 0 Å². The molecule has 3 heterocycles. The van der Waals surface area contributed by atoms with Gasteiger partial charge in [0.05, 0.1) is 24.4 Å². The maximum atomic E-state index is 13.6. The third-order valence-electron chi connectivity index (χ3n) is 5.50. The Morgan fingerprint density at radius 2 is 2.09 bits per heavy atom. The number of nitrogens with one attached hydrogen (secondary N) is 1. The summed E-state index contributed by atoms with van der Waals surface area (Å²) in [7, 11) is 0. The zero-order valence-electron chi connectivity index (χ0n) is 18.3. The van der Waals surface area contributed by atoms with E-state index in [1.807, 2.05) is 48.2 Å². The Morgan fingerprint density at radius 1 is 1.24 bits per heavy atom. The Kier molecular flexibility index (Phi) is 5.55. The van der Waals surface area contributed by atoms with Gasteiger partial charge in [-0.1, -0.05) is 46.8 Å². The number of hydrogen-bond donors (Lipinski definition) is 1. The first-order chi connectivity index (χ1) is 16.0. The lowest BCUT2D eigenvalue weighted by Crippen LogP contribution is -2.35. The van der Waals surface area contributed by atoms with Crippen LogP contribution in [0.1, 0.15) is 44.1 Å². The second-order valence-electron chi connectivity index (χ2n) is 7.74. The van der Waals surface area contributed by atoms with Crippen LogP contribution in [0, 0.1) is 6.92 Å². The molecule has 0 bridgehead atoms. The molecule has 0 unspecified atom stereocenters. The molecule has 8 nitrogen and oxygen atoms in total. The van der Waals surface area contributed by atoms with Gasteiger partial charge in [0.15, 0.2) is 10.8 Å². The van der Waals surface area contributed by atoms with Crippen LogP contribution in [-0.4, -0.2) is 40.0 Å². The Hall–Kier alpha value is -3.72. The first-order valence-electron chi connectivity index (χ1n) is 10.7. The molecule has 0 spiro atoms. The second-order valence-corrected chi connectivity index (χ2v) is 8.82. The number of anilines is 1. The van der Waals surface area contributed by atoms with Crippen molar-refractivity contribution in [2.24, 2.45) is 0 Å². The molecule has 4 aromatic rings. The third-order valence-corrected chi connectivity index (χ3v) is 6.50. The van der Waals surface area contributed by atoms with Gasteiger partial charge in [-0.25, -0.2) is 4.98 Å². The summed E-state index contributed by atoms with van der Waals surface area (Å²) in [4.78, 5) is 33.3. The van der Waals surface area contributed by atoms with Crippen LogP contribution in [0.2, 0.25) is 0 Å². The molecule has 2 amide bonds. The summed E-state index contributed by atoms with van der Waals surface area (Å²) in [5, 5.41) is 8.87. The molecule has 33 heavy (non-hydrogen) atoms. The summed E-state index contributed by atoms with van der Waals surface area (Å²) in [5.74, 6) is 0.709. The molecule has 0 saturated carbocycles. The summed E-state index contributed by atoms with van der Waals surface area (Å²) >= 11 is 1.37. The molecule has 2 aromatic carbocycles. The fraction of sp³-hybridized carbons (Fsp3) is 0.250. The van der Waals surface area contributed by atoms with Crippen LogP contribution < -0.4 is 10.1 Å². The molecule has 0 fully saturated rings. The second kappa shape index (κ2) is 8.67. The van der Waals surface area contributed by atoms with Gasteiger partial charge in [-0.3, -0.25) is 14.9 Å². The van der Waals surface area contributed by atoms with Crippen LogP contribution in [0.15, 0.2) is 47.0 Å². The lowest BCUT2D eigenvalue weighted by molar-refractivity contribution is 0.0734. The predicted octanol–water partition coefficient (Wildman–Crippen LogP) is 4.44. The number of amides is 2. The number of rotatable bonds is 5. The van der Waals surface area contributed by atoms with Gasteiger partial charge >= 0.3 is 0 Å². The molecular weight excluding hydrogens is 440 g/mol. The summed E-state index contributed by atoms with van der Waals surface area (Å²) in [6.07, 6.45) is 0.616. The van der Waals surface area contributed by atoms with Crippen molar-refractivity contribution in [1.29, 1.82) is 0 Å². The maximum absolute atomic E-state index is 13.6. The van der Waals surface area contributed by atoms with Crippen LogP contribution in [0.25, 0.3) is 10.8 Å². The fourth-order valence-electron chi connectivity index (χ4n) is 3.96. The fourth-order valence-corrected chi connectivity index (χ4v) is 4.98. The Balaban J connectivity index is 1.39. The summed E-state index contributed by atoms with van der Waals surface area (Å²) in [6.45, 7) is 5.08. The number of thiazole rings is 1. The van der Waals surface area contributed by atoms with Gasteiger partial charge in [0, 0.05) is 23.9 Å². The molecule has 5 rings (SSSR count). The third kappa shape index (κ3) is 4.07. The molecule has 1 aliphatic heterocycles. The van der Waals surface area contributed by atoms with Crippen molar-refractivity contribution in [2.75, 3.05) is 18.5 Å². The minimum absolute atomic E-state index is 0.0713. The number of aromatic nitrogens is 2. The predicted molar refractivity (Wildman–Crippen MR) is 125 cm³/mol. The normalized spacial score (nSPS) is 13.1. The van der Waals surface area contributed by atoms with Crippen LogP contribution in [0.3, 0.4) is 0 Å². The number of carbonyl (C=O) groups is 2. The summed E-state index contributed by atoms with van der Waals surface area (Å²) < 4.78 is 10.8. The van der Waals surface area contributed by atoms with Gasteiger partial charge in [-0.15, -0.1) is 0 Å². The van der Waals surface area contributed by atoms with E-state index < -0.39 is 0 Å². The number of aryl methyl sites for hydroxylation is 1. The van der Waals surface area contributed by atoms with Crippen LogP contribution in [0.5, 0.6) is 5.75 Å². The van der Waals surface area contributed by atoms with Crippen molar-refractivity contribution in [1.82, 2.24) is 15.0 Å². The van der Waals surface area contributed by atoms with Crippen LogP contribution in [-0.2, 0) is 13.0 Å². The van der Waals surface area contributed by atoms with Crippen molar-refractivity contribution in [3.63, 3.8) is 0 Å². The van der Waals surface area contributed by atoms with Crippen molar-refractivity contribution in [3.8, 4) is 5.75 Å². The highest BCUT2D eigenvalue weighted by Crippen LogP contribution is 2.33. The van der Waals surface area contributed by atoms with Gasteiger partial charge in [0.1, 0.15) is 11.5 Å². The quantitative estimate of drug-likeness (QED) is 0.471. The highest BCUT2D eigenvalue weighted by Gasteiger charge is 2.28. The van der Waals surface area contributed by atoms with Crippen molar-refractivity contribution in [3.05, 3.63) is 70.1 Å². The number of nitrogens with zero attached hydrogens (tertiary/aromatic N) is 3. The number of benzene rings is 2. The molecule has 9 heteroatoms. The van der Waals surface area contributed by atoms with E-state index in [-0.39, 0.29) is 17.5 Å². The van der Waals surface area contributed by atoms with E-state index in [0.29, 0.717) is 48.3 Å². The number of carbonyl (C=O) groups excluding carboxylic acids is 2. The highest BCUT2D eigenvalue weighted by molar-refractivity contribution is 7.15. The minimum atomic E-state index is -0.372. The molecule has 0 saturated heterocycles. The zero-order chi connectivity index (χ0) is 22.9. The van der Waals surface area contributed by atoms with E-state index in [1.54, 1.807) is 13.0 Å². The standard InChI is InChI=1S/C24H22N4O4S/c1-3-31-19-9-8-15-6-4-5-7-16(15)21(19)23(30)28-11-10-17-20(13-28)33-24(25-17)26-22(29)18-12-14(2)32-27-18/h4-9,12H,3,10-11,13H2,1-2H3,(H,25,26,29). The van der Waals surface area contributed by atoms with Crippen LogP contribution >= 0.6 is 11.3 Å². The van der Waals surface area contributed by atoms with E-state index in [2.05, 4.69) is 15.5 Å². The largest absolute Gasteiger partial charge is 0.493 e. The molecule has 0 aliphatic carbocycles. The maximum Gasteiger partial charge on any atom is 0.279 e. The highest BCUT2D eigenvalue weighted by atomic mass is 32.1. The Bertz CT molecular complexity index is 1360. The summed E-state index contributed by atoms with van der Waals surface area (Å²) in [5.41, 5.74) is 1.69. The molecule has 0 radical (unpaired) electrons. The van der Waals surface area contributed by atoms with Gasteiger partial charge in [0.2, 0.25) is 0 Å². The lowest BCUT2D eigenvalue weighted by Gasteiger charge is -2.27. The molecule has 1 N–H and O–H groups in total. The van der Waals surface area contributed by atoms with E-state index in [4.69, 9.17) is 9.26 Å². The van der Waals surface area contributed by atoms with E-state index >= 15 is 0 Å². The van der Waals surface area contributed by atoms with Crippen LogP contribution in [0.4, 0.5) is 5.13 Å². The molecule has 0 atom stereocenters. The number of ether oxygens (including phenoxy) is 1. The monoisotopic (exact) mass is 462 g/mol. The van der Waals surface area contributed by atoms with Crippen molar-refractivity contribution < 1.29 is 18.8 Å². The average Bonchev–Trinajstić information content (AvgIpc) is 3.43. The Labute approximate surface area is 194 Å². The number of fused-ring (bicyclic) bond motifs is 2. The van der Waals surface area contributed by atoms with E-state index in [9.17, 15) is 9.59 Å². The van der Waals surface area contributed by atoms with E-state index in [0.717, 1.165) is 21.3 Å². The number of hydrogen-bond acceptors (Lipinski definition) is 7. The topological polar surface area (TPSA) is 97.6 Å². The molecule has 2 aromatic heterocycles. The SMILES string of the molecule is CCOc1ccc2ccccc2c1C(=O)N1CCc2nc(NC(=O)c3cc(C)on3)sc2C1. The zero-order valence-corrected chi connectivity index (χ0v) is 19.1.